The monoisotopic (exact) mass is 496 g/mol. The molecule has 4 N–H and O–H groups in total. The third kappa shape index (κ3) is 3.07. The fourth-order valence-electron chi connectivity index (χ4n) is 6.42. The average Bonchev–Trinajstić information content (AvgIpc) is 2.81. The van der Waals surface area contributed by atoms with Gasteiger partial charge < -0.3 is 20.4 Å². The van der Waals surface area contributed by atoms with Gasteiger partial charge in [-0.05, 0) is 53.7 Å². The first kappa shape index (κ1) is 27.2. The van der Waals surface area contributed by atoms with Crippen LogP contribution in [0.25, 0.3) is 0 Å². The van der Waals surface area contributed by atoms with E-state index in [1.807, 2.05) is 0 Å². The van der Waals surface area contributed by atoms with Crippen LogP contribution in [0.3, 0.4) is 0 Å². The SMILES string of the molecule is C/C=C/C=C/C(=O)C12C(=O)C(C)=C(O)C(C)(O)C1C1\C(=C(O)/C=C/C=C/C)C(=O)[C@]2(C)C(=O)[C@@]1(C)O. The van der Waals surface area contributed by atoms with Crippen molar-refractivity contribution in [1.82, 2.24) is 0 Å². The molecule has 3 saturated carbocycles. The number of aliphatic hydroxyl groups is 4. The van der Waals surface area contributed by atoms with E-state index in [0.29, 0.717) is 0 Å². The van der Waals surface area contributed by atoms with Crippen molar-refractivity contribution in [3.8, 4) is 0 Å². The minimum absolute atomic E-state index is 0.360. The Hall–Kier alpha value is -3.36. The van der Waals surface area contributed by atoms with Gasteiger partial charge in [-0.1, -0.05) is 36.5 Å². The van der Waals surface area contributed by atoms with E-state index < -0.39 is 74.1 Å². The van der Waals surface area contributed by atoms with E-state index in [1.54, 1.807) is 32.1 Å². The summed E-state index contributed by atoms with van der Waals surface area (Å²) in [6.07, 6.45) is 11.4. The van der Waals surface area contributed by atoms with Crippen molar-refractivity contribution in [3.63, 3.8) is 0 Å². The van der Waals surface area contributed by atoms with Crippen LogP contribution in [-0.2, 0) is 19.2 Å². The number of rotatable bonds is 5. The molecule has 4 aliphatic carbocycles. The molecule has 2 bridgehead atoms. The van der Waals surface area contributed by atoms with Gasteiger partial charge in [0.15, 0.2) is 23.1 Å². The summed E-state index contributed by atoms with van der Waals surface area (Å²) in [4.78, 5) is 55.7. The van der Waals surface area contributed by atoms with Crippen LogP contribution in [0.15, 0.2) is 71.3 Å². The summed E-state index contributed by atoms with van der Waals surface area (Å²) >= 11 is 0. The normalized spacial score (nSPS) is 40.4. The molecule has 0 aromatic carbocycles. The molecule has 36 heavy (non-hydrogen) atoms. The molecule has 4 unspecified atom stereocenters. The van der Waals surface area contributed by atoms with Gasteiger partial charge in [0.2, 0.25) is 0 Å². The molecular formula is C28H32O8. The van der Waals surface area contributed by atoms with E-state index in [4.69, 9.17) is 0 Å². The van der Waals surface area contributed by atoms with E-state index in [0.717, 1.165) is 19.9 Å². The van der Waals surface area contributed by atoms with E-state index in [9.17, 15) is 39.6 Å². The molecule has 0 aromatic heterocycles. The van der Waals surface area contributed by atoms with Crippen LogP contribution < -0.4 is 0 Å². The second-order valence-electron chi connectivity index (χ2n) is 10.1. The summed E-state index contributed by atoms with van der Waals surface area (Å²) in [6, 6.07) is 0. The van der Waals surface area contributed by atoms with Gasteiger partial charge in [0.1, 0.15) is 33.6 Å². The molecule has 3 fully saturated rings. The van der Waals surface area contributed by atoms with Crippen molar-refractivity contribution in [1.29, 1.82) is 0 Å². The van der Waals surface area contributed by atoms with Crippen molar-refractivity contribution in [3.05, 3.63) is 71.3 Å². The zero-order valence-electron chi connectivity index (χ0n) is 21.2. The van der Waals surface area contributed by atoms with Crippen LogP contribution in [0, 0.1) is 22.7 Å². The van der Waals surface area contributed by atoms with Crippen molar-refractivity contribution >= 4 is 23.1 Å². The largest absolute Gasteiger partial charge is 0.509 e. The number of ketones is 4. The molecule has 0 spiro atoms. The standard InChI is InChI=1S/C28H32O8/c1-7-9-11-13-16(29)18-19-20-27(6,36)21(31)15(3)22(32)28(20,17(30)14-12-10-8-2)25(4,23(18)33)24(34)26(19,5)35/h7-14,19-20,29,31,35-36H,1-6H3/b9-7+,10-8+,13-11+,14-12+,18-16-/t19?,20?,25-,26+,27?,28?/m1/s1. The zero-order chi connectivity index (χ0) is 27.4. The maximum absolute atomic E-state index is 14.0. The smallest absolute Gasteiger partial charge is 0.179 e. The average molecular weight is 497 g/mol. The number of Topliss-reactive ketones (excluding diaryl/α,β-unsaturated/α-hetero) is 3. The third-order valence-corrected chi connectivity index (χ3v) is 8.03. The summed E-state index contributed by atoms with van der Waals surface area (Å²) in [5.74, 6) is -8.63. The lowest BCUT2D eigenvalue weighted by atomic mass is 9.32. The summed E-state index contributed by atoms with van der Waals surface area (Å²) < 4.78 is 0. The van der Waals surface area contributed by atoms with Crippen LogP contribution in [0.2, 0.25) is 0 Å². The molecule has 6 atom stereocenters. The van der Waals surface area contributed by atoms with Gasteiger partial charge in [-0.25, -0.2) is 0 Å². The quantitative estimate of drug-likeness (QED) is 0.196. The van der Waals surface area contributed by atoms with Gasteiger partial charge in [-0.15, -0.1) is 0 Å². The maximum atomic E-state index is 14.0. The van der Waals surface area contributed by atoms with Crippen molar-refractivity contribution in [2.24, 2.45) is 22.7 Å². The molecule has 8 heteroatoms. The summed E-state index contributed by atoms with van der Waals surface area (Å²) in [5.41, 5.74) is -10.4. The Kier molecular flexibility index (Phi) is 6.53. The zero-order valence-corrected chi connectivity index (χ0v) is 21.2. The molecule has 0 aliphatic heterocycles. The van der Waals surface area contributed by atoms with E-state index in [1.165, 1.54) is 38.2 Å². The van der Waals surface area contributed by atoms with E-state index in [2.05, 4.69) is 0 Å². The molecule has 0 aromatic rings. The first-order valence-corrected chi connectivity index (χ1v) is 11.7. The molecule has 192 valence electrons. The Bertz CT molecular complexity index is 1240. The Morgan fingerprint density at radius 2 is 1.39 bits per heavy atom. The van der Waals surface area contributed by atoms with Crippen LogP contribution in [-0.4, -0.2) is 54.8 Å². The number of fused-ring (bicyclic) bond motifs is 2. The summed E-state index contributed by atoms with van der Waals surface area (Å²) in [5, 5.41) is 44.9. The highest BCUT2D eigenvalue weighted by atomic mass is 16.3. The topological polar surface area (TPSA) is 149 Å². The first-order chi connectivity index (χ1) is 16.6. The Labute approximate surface area is 209 Å². The minimum atomic E-state index is -2.49. The third-order valence-electron chi connectivity index (χ3n) is 8.03. The van der Waals surface area contributed by atoms with Gasteiger partial charge >= 0.3 is 0 Å². The second-order valence-corrected chi connectivity index (χ2v) is 10.1. The second kappa shape index (κ2) is 8.64. The number of carbonyl (C=O) groups excluding carboxylic acids is 4. The van der Waals surface area contributed by atoms with E-state index >= 15 is 0 Å². The van der Waals surface area contributed by atoms with Gasteiger partial charge in [-0.2, -0.15) is 0 Å². The predicted molar refractivity (Wildman–Crippen MR) is 132 cm³/mol. The maximum Gasteiger partial charge on any atom is 0.179 e. The first-order valence-electron chi connectivity index (χ1n) is 11.7. The highest BCUT2D eigenvalue weighted by Crippen LogP contribution is 2.70. The highest BCUT2D eigenvalue weighted by molar-refractivity contribution is 6.33. The Morgan fingerprint density at radius 1 is 0.861 bits per heavy atom. The highest BCUT2D eigenvalue weighted by Gasteiger charge is 2.85. The summed E-state index contributed by atoms with van der Waals surface area (Å²) in [6.45, 7) is 8.03. The molecule has 4 aliphatic rings. The Balaban J connectivity index is 2.56. The molecule has 0 heterocycles. The summed E-state index contributed by atoms with van der Waals surface area (Å²) in [7, 11) is 0. The molecule has 4 rings (SSSR count). The molecular weight excluding hydrogens is 464 g/mol. The van der Waals surface area contributed by atoms with Crippen molar-refractivity contribution < 1.29 is 39.6 Å². The van der Waals surface area contributed by atoms with Gasteiger partial charge in [0.25, 0.3) is 0 Å². The van der Waals surface area contributed by atoms with Gasteiger partial charge in [0, 0.05) is 23.0 Å². The Morgan fingerprint density at radius 3 is 1.92 bits per heavy atom. The molecule has 0 saturated heterocycles. The van der Waals surface area contributed by atoms with E-state index in [-0.39, 0.29) is 5.57 Å². The van der Waals surface area contributed by atoms with Crippen molar-refractivity contribution in [2.75, 3.05) is 0 Å². The number of carbonyl (C=O) groups is 4. The van der Waals surface area contributed by atoms with Gasteiger partial charge in [-0.3, -0.25) is 19.2 Å². The van der Waals surface area contributed by atoms with Gasteiger partial charge in [0.05, 0.1) is 0 Å². The number of allylic oxidation sites excluding steroid dienone is 9. The minimum Gasteiger partial charge on any atom is -0.509 e. The van der Waals surface area contributed by atoms with Crippen LogP contribution in [0.1, 0.15) is 41.5 Å². The fourth-order valence-corrected chi connectivity index (χ4v) is 6.42. The molecule has 0 radical (unpaired) electrons. The lowest BCUT2D eigenvalue weighted by Crippen LogP contribution is -2.82. The fraction of sp³-hybridized carbons (Fsp3) is 0.429. The number of hydrogen-bond acceptors (Lipinski definition) is 8. The van der Waals surface area contributed by atoms with Crippen LogP contribution in [0.5, 0.6) is 0 Å². The van der Waals surface area contributed by atoms with Crippen LogP contribution >= 0.6 is 0 Å². The molecule has 0 amide bonds. The number of aliphatic hydroxyl groups excluding tert-OH is 2. The van der Waals surface area contributed by atoms with Crippen LogP contribution in [0.4, 0.5) is 0 Å². The number of hydrogen-bond donors (Lipinski definition) is 4. The lowest BCUT2D eigenvalue weighted by Gasteiger charge is -2.66. The predicted octanol–water partition coefficient (Wildman–Crippen LogP) is 2.94. The lowest BCUT2D eigenvalue weighted by molar-refractivity contribution is -0.222. The van der Waals surface area contributed by atoms with Crippen molar-refractivity contribution in [2.45, 2.75) is 52.7 Å². The molecule has 8 nitrogen and oxygen atoms in total.